The van der Waals surface area contributed by atoms with E-state index in [1.807, 2.05) is 23.6 Å². The van der Waals surface area contributed by atoms with Gasteiger partial charge in [-0.2, -0.15) is 0 Å². The van der Waals surface area contributed by atoms with Crippen LogP contribution in [0.2, 0.25) is 0 Å². The smallest absolute Gasteiger partial charge is 0.337 e. The monoisotopic (exact) mass is 292 g/mol. The Labute approximate surface area is 119 Å². The van der Waals surface area contributed by atoms with Gasteiger partial charge in [0, 0.05) is 10.6 Å². The first-order valence-electron chi connectivity index (χ1n) is 5.57. The zero-order valence-electron chi connectivity index (χ0n) is 10.3. The van der Waals surface area contributed by atoms with E-state index >= 15 is 0 Å². The van der Waals surface area contributed by atoms with Crippen molar-refractivity contribution < 1.29 is 14.3 Å². The lowest BCUT2D eigenvalue weighted by atomic mass is 10.1. The number of esters is 1. The molecule has 0 radical (unpaired) electrons. The molecule has 0 aliphatic heterocycles. The first kappa shape index (κ1) is 13.8. The van der Waals surface area contributed by atoms with Crippen molar-refractivity contribution in [1.29, 1.82) is 0 Å². The maximum Gasteiger partial charge on any atom is 0.337 e. The number of thioether (sulfide) groups is 1. The van der Waals surface area contributed by atoms with E-state index in [0.29, 0.717) is 5.56 Å². The van der Waals surface area contributed by atoms with Gasteiger partial charge in [-0.25, -0.2) is 4.79 Å². The van der Waals surface area contributed by atoms with Gasteiger partial charge in [-0.1, -0.05) is 12.1 Å². The van der Waals surface area contributed by atoms with Crippen LogP contribution in [0.4, 0.5) is 0 Å². The molecule has 0 aliphatic rings. The second kappa shape index (κ2) is 6.54. The Morgan fingerprint density at radius 2 is 2.05 bits per heavy atom. The third kappa shape index (κ3) is 3.45. The van der Waals surface area contributed by atoms with Gasteiger partial charge < -0.3 is 4.74 Å². The number of thiophene rings is 1. The van der Waals surface area contributed by atoms with Crippen LogP contribution < -0.4 is 0 Å². The summed E-state index contributed by atoms with van der Waals surface area (Å²) in [5, 5.41) is 1.91. The molecule has 19 heavy (non-hydrogen) atoms. The lowest BCUT2D eigenvalue weighted by molar-refractivity contribution is 0.0600. The summed E-state index contributed by atoms with van der Waals surface area (Å²) in [4.78, 5) is 23.8. The van der Waals surface area contributed by atoms with Crippen LogP contribution in [-0.2, 0) is 10.5 Å². The van der Waals surface area contributed by atoms with Crippen LogP contribution in [0.5, 0.6) is 0 Å². The predicted molar refractivity (Wildman–Crippen MR) is 77.0 cm³/mol. The number of carbonyl (C=O) groups is 2. The van der Waals surface area contributed by atoms with Gasteiger partial charge in [-0.15, -0.1) is 23.1 Å². The predicted octanol–water partition coefficient (Wildman–Crippen LogP) is 3.64. The highest BCUT2D eigenvalue weighted by Gasteiger charge is 2.06. The molecule has 0 N–H and O–H groups in total. The second-order valence-corrected chi connectivity index (χ2v) is 5.71. The Bertz CT molecular complexity index is 573. The average Bonchev–Trinajstić information content (AvgIpc) is 2.92. The van der Waals surface area contributed by atoms with Crippen molar-refractivity contribution in [3.8, 4) is 0 Å². The third-order valence-electron chi connectivity index (χ3n) is 2.53. The van der Waals surface area contributed by atoms with E-state index in [4.69, 9.17) is 0 Å². The molecule has 0 atom stereocenters. The number of rotatable bonds is 5. The van der Waals surface area contributed by atoms with Gasteiger partial charge in [0.2, 0.25) is 0 Å². The molecule has 0 aliphatic carbocycles. The van der Waals surface area contributed by atoms with E-state index in [-0.39, 0.29) is 5.97 Å². The van der Waals surface area contributed by atoms with Crippen LogP contribution >= 0.6 is 23.1 Å². The van der Waals surface area contributed by atoms with Crippen LogP contribution in [0.3, 0.4) is 0 Å². The average molecular weight is 292 g/mol. The van der Waals surface area contributed by atoms with Gasteiger partial charge in [-0.3, -0.25) is 4.79 Å². The molecule has 0 bridgehead atoms. The molecule has 0 saturated heterocycles. The fourth-order valence-corrected chi connectivity index (χ4v) is 3.40. The molecule has 0 amide bonds. The number of aldehydes is 1. The largest absolute Gasteiger partial charge is 0.465 e. The Kier molecular flexibility index (Phi) is 4.76. The summed E-state index contributed by atoms with van der Waals surface area (Å²) in [5.41, 5.74) is 1.64. The van der Waals surface area contributed by atoms with Crippen molar-refractivity contribution in [2.45, 2.75) is 10.6 Å². The van der Waals surface area contributed by atoms with Crippen LogP contribution in [0.1, 0.15) is 25.6 Å². The van der Waals surface area contributed by atoms with E-state index in [1.54, 1.807) is 23.9 Å². The molecule has 5 heteroatoms. The van der Waals surface area contributed by atoms with E-state index in [2.05, 4.69) is 4.74 Å². The van der Waals surface area contributed by atoms with E-state index in [9.17, 15) is 9.59 Å². The second-order valence-electron chi connectivity index (χ2n) is 3.74. The quantitative estimate of drug-likeness (QED) is 0.479. The molecule has 1 aromatic heterocycles. The highest BCUT2D eigenvalue weighted by atomic mass is 32.2. The fourth-order valence-electron chi connectivity index (χ4n) is 1.53. The number of ether oxygens (including phenoxy) is 1. The molecule has 3 nitrogen and oxygen atoms in total. The van der Waals surface area contributed by atoms with Crippen molar-refractivity contribution >= 4 is 35.4 Å². The summed E-state index contributed by atoms with van der Waals surface area (Å²) in [5.74, 6) is 0.430. The Balaban J connectivity index is 2.00. The third-order valence-corrected chi connectivity index (χ3v) is 4.65. The minimum atomic E-state index is -0.333. The number of benzene rings is 1. The number of carbonyl (C=O) groups excluding carboxylic acids is 2. The summed E-state index contributed by atoms with van der Waals surface area (Å²) >= 11 is 3.06. The molecular formula is C14H12O3S2. The zero-order chi connectivity index (χ0) is 13.7. The van der Waals surface area contributed by atoms with Crippen molar-refractivity contribution in [2.24, 2.45) is 0 Å². The standard InChI is InChI=1S/C14H12O3S2/c1-17-14(16)11-4-2-10(3-5-11)9-19-12-6-7-18-13(12)8-15/h2-8H,9H2,1H3. The maximum atomic E-state index is 11.3. The zero-order valence-corrected chi connectivity index (χ0v) is 11.9. The van der Waals surface area contributed by atoms with Gasteiger partial charge in [0.1, 0.15) is 0 Å². The molecule has 0 saturated carbocycles. The molecule has 2 aromatic rings. The van der Waals surface area contributed by atoms with Gasteiger partial charge >= 0.3 is 5.97 Å². The molecule has 0 fully saturated rings. The summed E-state index contributed by atoms with van der Waals surface area (Å²) < 4.78 is 4.64. The van der Waals surface area contributed by atoms with Crippen molar-refractivity contribution in [2.75, 3.05) is 7.11 Å². The van der Waals surface area contributed by atoms with Crippen molar-refractivity contribution in [3.05, 3.63) is 51.7 Å². The van der Waals surface area contributed by atoms with Crippen molar-refractivity contribution in [3.63, 3.8) is 0 Å². The van der Waals surface area contributed by atoms with E-state index in [0.717, 1.165) is 27.4 Å². The number of hydrogen-bond acceptors (Lipinski definition) is 5. The van der Waals surface area contributed by atoms with Crippen LogP contribution in [0.15, 0.2) is 40.6 Å². The summed E-state index contributed by atoms with van der Waals surface area (Å²) in [6, 6.07) is 9.23. The molecule has 98 valence electrons. The minimum Gasteiger partial charge on any atom is -0.465 e. The van der Waals surface area contributed by atoms with Gasteiger partial charge in [0.15, 0.2) is 6.29 Å². The minimum absolute atomic E-state index is 0.333. The fraction of sp³-hybridized carbons (Fsp3) is 0.143. The first-order chi connectivity index (χ1) is 9.24. The molecule has 2 rings (SSSR count). The molecule has 1 aromatic carbocycles. The summed E-state index contributed by atoms with van der Waals surface area (Å²) in [6.07, 6.45) is 0.882. The lowest BCUT2D eigenvalue weighted by Gasteiger charge is -2.03. The van der Waals surface area contributed by atoms with Gasteiger partial charge in [0.05, 0.1) is 17.6 Å². The molecular weight excluding hydrogens is 280 g/mol. The van der Waals surface area contributed by atoms with Crippen LogP contribution in [-0.4, -0.2) is 19.4 Å². The Morgan fingerprint density at radius 3 is 2.68 bits per heavy atom. The number of methoxy groups -OCH3 is 1. The number of hydrogen-bond donors (Lipinski definition) is 0. The molecule has 0 spiro atoms. The van der Waals surface area contributed by atoms with Crippen LogP contribution in [0.25, 0.3) is 0 Å². The van der Waals surface area contributed by atoms with Crippen LogP contribution in [0, 0.1) is 0 Å². The topological polar surface area (TPSA) is 43.4 Å². The Hall–Kier alpha value is -1.59. The van der Waals surface area contributed by atoms with Gasteiger partial charge in [-0.05, 0) is 29.1 Å². The highest BCUT2D eigenvalue weighted by molar-refractivity contribution is 7.98. The van der Waals surface area contributed by atoms with E-state index in [1.165, 1.54) is 18.4 Å². The maximum absolute atomic E-state index is 11.3. The summed E-state index contributed by atoms with van der Waals surface area (Å²) in [7, 11) is 1.36. The SMILES string of the molecule is COC(=O)c1ccc(CSc2ccsc2C=O)cc1. The molecule has 1 heterocycles. The lowest BCUT2D eigenvalue weighted by Crippen LogP contribution is -2.00. The van der Waals surface area contributed by atoms with E-state index < -0.39 is 0 Å². The Morgan fingerprint density at radius 1 is 1.32 bits per heavy atom. The van der Waals surface area contributed by atoms with Gasteiger partial charge in [0.25, 0.3) is 0 Å². The first-order valence-corrected chi connectivity index (χ1v) is 7.44. The summed E-state index contributed by atoms with van der Waals surface area (Å²) in [6.45, 7) is 0. The van der Waals surface area contributed by atoms with Crippen molar-refractivity contribution in [1.82, 2.24) is 0 Å². The normalized spacial score (nSPS) is 10.2. The molecule has 0 unspecified atom stereocenters. The highest BCUT2D eigenvalue weighted by Crippen LogP contribution is 2.29.